The lowest BCUT2D eigenvalue weighted by molar-refractivity contribution is -0.152. The Morgan fingerprint density at radius 3 is 2.36 bits per heavy atom. The fraction of sp³-hybridized carbons (Fsp3) is 0.824. The van der Waals surface area contributed by atoms with Gasteiger partial charge in [0.1, 0.15) is 0 Å². The first-order valence-electron chi connectivity index (χ1n) is 15.6. The molecule has 1 aromatic carbocycles. The van der Waals surface area contributed by atoms with Gasteiger partial charge >= 0.3 is 0 Å². The highest BCUT2D eigenvalue weighted by Gasteiger charge is 2.61. The highest BCUT2D eigenvalue weighted by molar-refractivity contribution is 14.1. The average Bonchev–Trinajstić information content (AvgIpc) is 3.18. The maximum atomic E-state index is 11.2. The maximum Gasteiger partial charge on any atom is 0.0574 e. The van der Waals surface area contributed by atoms with Gasteiger partial charge in [-0.15, -0.1) is 0 Å². The lowest BCUT2D eigenvalue weighted by atomic mass is 9.42. The van der Waals surface area contributed by atoms with Crippen molar-refractivity contribution in [2.75, 3.05) is 0 Å². The third-order valence-corrected chi connectivity index (χ3v) is 13.2. The third-order valence-electron chi connectivity index (χ3n) is 12.5. The second-order valence-electron chi connectivity index (χ2n) is 14.7. The van der Waals surface area contributed by atoms with E-state index in [4.69, 9.17) is 0 Å². The Hall–Kier alpha value is -0.0900. The summed E-state index contributed by atoms with van der Waals surface area (Å²) in [4.78, 5) is 0. The van der Waals surface area contributed by atoms with Crippen LogP contribution in [0.1, 0.15) is 111 Å². The van der Waals surface area contributed by atoms with E-state index in [1.165, 1.54) is 73.3 Å². The lowest BCUT2D eigenvalue weighted by Crippen LogP contribution is -2.57. The minimum absolute atomic E-state index is 0.117. The number of hydrogen-bond acceptors (Lipinski definition) is 1. The quantitative estimate of drug-likeness (QED) is 0.308. The molecule has 0 amide bonds. The molecule has 1 aromatic rings. The molecule has 0 heterocycles. The summed E-state index contributed by atoms with van der Waals surface area (Å²) in [6, 6.07) is 9.03. The number of aliphatic hydroxyl groups is 1. The van der Waals surface area contributed by atoms with Crippen LogP contribution in [0.25, 0.3) is 0 Å². The topological polar surface area (TPSA) is 20.2 Å². The average molecular weight is 605 g/mol. The number of hydrogen-bond donors (Lipinski definition) is 1. The van der Waals surface area contributed by atoms with Crippen LogP contribution in [0.15, 0.2) is 24.3 Å². The van der Waals surface area contributed by atoms with Gasteiger partial charge in [-0.2, -0.15) is 0 Å². The molecule has 1 nitrogen and oxygen atoms in total. The van der Waals surface area contributed by atoms with Gasteiger partial charge < -0.3 is 5.11 Å². The van der Waals surface area contributed by atoms with E-state index in [1.54, 1.807) is 0 Å². The Morgan fingerprint density at radius 2 is 1.61 bits per heavy atom. The normalized spacial score (nSPS) is 43.1. The zero-order valence-electron chi connectivity index (χ0n) is 23.8. The second-order valence-corrected chi connectivity index (χ2v) is 15.9. The van der Waals surface area contributed by atoms with Crippen LogP contribution in [0.4, 0.5) is 0 Å². The predicted molar refractivity (Wildman–Crippen MR) is 161 cm³/mol. The molecule has 4 fully saturated rings. The summed E-state index contributed by atoms with van der Waals surface area (Å²) in [7, 11) is 0. The van der Waals surface area contributed by atoms with Crippen molar-refractivity contribution in [3.63, 3.8) is 0 Å². The molecule has 1 N–H and O–H groups in total. The van der Waals surface area contributed by atoms with Crippen LogP contribution < -0.4 is 0 Å². The molecule has 0 spiro atoms. The number of aliphatic hydroxyl groups excluding tert-OH is 1. The Bertz CT molecular complexity index is 895. The minimum atomic E-state index is -0.117. The number of benzene rings is 1. The fourth-order valence-corrected chi connectivity index (χ4v) is 11.3. The first-order chi connectivity index (χ1) is 17.1. The monoisotopic (exact) mass is 604 g/mol. The Labute approximate surface area is 236 Å². The van der Waals surface area contributed by atoms with Crippen molar-refractivity contribution in [2.45, 2.75) is 118 Å². The standard InChI is InChI=1S/C34H53IO/c1-22(2)8-6-9-23(3)28-14-15-29-26-12-13-30-27(21-24-10-7-11-25(35)20-24)32(36)17-19-34(30,5)31(26)16-18-33(28,29)4/h7,10-11,20,22-23,26-32,36H,6,8-9,12-19,21H2,1-5H3/t23-,26+,27+,28-,29+,30+,31+,32-,33-,34+/m1/s1. The van der Waals surface area contributed by atoms with E-state index < -0.39 is 0 Å². The zero-order chi connectivity index (χ0) is 25.7. The van der Waals surface area contributed by atoms with Crippen LogP contribution in [0.3, 0.4) is 0 Å². The van der Waals surface area contributed by atoms with Crippen molar-refractivity contribution in [1.29, 1.82) is 0 Å². The summed E-state index contributed by atoms with van der Waals surface area (Å²) in [5, 5.41) is 11.2. The van der Waals surface area contributed by atoms with Gasteiger partial charge in [0.25, 0.3) is 0 Å². The van der Waals surface area contributed by atoms with Gasteiger partial charge in [0, 0.05) is 3.57 Å². The zero-order valence-corrected chi connectivity index (χ0v) is 26.0. The largest absolute Gasteiger partial charge is 0.393 e. The molecule has 0 aliphatic heterocycles. The van der Waals surface area contributed by atoms with Gasteiger partial charge in [0.15, 0.2) is 0 Å². The predicted octanol–water partition coefficient (Wildman–Crippen LogP) is 9.54. The summed E-state index contributed by atoms with van der Waals surface area (Å²) in [5.41, 5.74) is 2.44. The van der Waals surface area contributed by atoms with Crippen LogP contribution in [0.2, 0.25) is 0 Å². The molecule has 4 aliphatic rings. The van der Waals surface area contributed by atoms with Gasteiger partial charge in [-0.25, -0.2) is 0 Å². The van der Waals surface area contributed by atoms with E-state index in [0.717, 1.165) is 48.3 Å². The minimum Gasteiger partial charge on any atom is -0.393 e. The van der Waals surface area contributed by atoms with E-state index in [-0.39, 0.29) is 6.10 Å². The molecule has 4 saturated carbocycles. The third kappa shape index (κ3) is 4.98. The summed E-state index contributed by atoms with van der Waals surface area (Å²) >= 11 is 2.44. The highest BCUT2D eigenvalue weighted by atomic mass is 127. The van der Waals surface area contributed by atoms with Gasteiger partial charge in [0.2, 0.25) is 0 Å². The van der Waals surface area contributed by atoms with Crippen LogP contribution >= 0.6 is 22.6 Å². The summed E-state index contributed by atoms with van der Waals surface area (Å²) < 4.78 is 1.32. The summed E-state index contributed by atoms with van der Waals surface area (Å²) in [5.74, 6) is 6.59. The van der Waals surface area contributed by atoms with Gasteiger partial charge in [0.05, 0.1) is 6.10 Å². The Morgan fingerprint density at radius 1 is 0.889 bits per heavy atom. The smallest absolute Gasteiger partial charge is 0.0574 e. The lowest BCUT2D eigenvalue weighted by Gasteiger charge is -2.63. The molecule has 2 heteroatoms. The Kier molecular flexibility index (Phi) is 8.26. The maximum absolute atomic E-state index is 11.2. The Balaban J connectivity index is 1.31. The molecule has 0 aromatic heterocycles. The van der Waals surface area contributed by atoms with Crippen molar-refractivity contribution in [3.8, 4) is 0 Å². The van der Waals surface area contributed by atoms with Crippen LogP contribution in [-0.2, 0) is 6.42 Å². The number of fused-ring (bicyclic) bond motifs is 5. The molecular formula is C34H53IO. The van der Waals surface area contributed by atoms with Crippen molar-refractivity contribution in [1.82, 2.24) is 0 Å². The summed E-state index contributed by atoms with van der Waals surface area (Å²) in [6.07, 6.45) is 16.1. The molecule has 10 atom stereocenters. The van der Waals surface area contributed by atoms with E-state index in [9.17, 15) is 5.11 Å². The van der Waals surface area contributed by atoms with Crippen LogP contribution in [0, 0.1) is 61.7 Å². The van der Waals surface area contributed by atoms with Crippen LogP contribution in [-0.4, -0.2) is 11.2 Å². The SMILES string of the molecule is CC(C)CCC[C@@H](C)[C@H]1CC[C@H]2[C@@H]3CC[C@H]4[C@H](Cc5cccc(I)c5)[C@H](O)CC[C@]4(C)[C@H]3CC[C@]12C. The molecule has 0 radical (unpaired) electrons. The molecule has 0 bridgehead atoms. The molecule has 5 rings (SSSR count). The summed E-state index contributed by atoms with van der Waals surface area (Å²) in [6.45, 7) is 12.8. The van der Waals surface area contributed by atoms with E-state index in [0.29, 0.717) is 22.7 Å². The van der Waals surface area contributed by atoms with E-state index >= 15 is 0 Å². The molecule has 0 saturated heterocycles. The molecule has 4 aliphatic carbocycles. The number of halogens is 1. The number of rotatable bonds is 7. The second kappa shape index (κ2) is 10.8. The van der Waals surface area contributed by atoms with Gasteiger partial charge in [-0.05, 0) is 156 Å². The van der Waals surface area contributed by atoms with Crippen molar-refractivity contribution in [3.05, 3.63) is 33.4 Å². The van der Waals surface area contributed by atoms with Crippen molar-refractivity contribution < 1.29 is 5.11 Å². The first kappa shape index (κ1) is 27.5. The van der Waals surface area contributed by atoms with Gasteiger partial charge in [-0.1, -0.05) is 66.0 Å². The highest BCUT2D eigenvalue weighted by Crippen LogP contribution is 2.69. The fourth-order valence-electron chi connectivity index (χ4n) is 10.7. The van der Waals surface area contributed by atoms with Crippen molar-refractivity contribution >= 4 is 22.6 Å². The van der Waals surface area contributed by atoms with Gasteiger partial charge in [-0.3, -0.25) is 0 Å². The van der Waals surface area contributed by atoms with E-state index in [1.807, 2.05) is 0 Å². The molecule has 202 valence electrons. The van der Waals surface area contributed by atoms with E-state index in [2.05, 4.69) is 81.5 Å². The van der Waals surface area contributed by atoms with Crippen LogP contribution in [0.5, 0.6) is 0 Å². The first-order valence-corrected chi connectivity index (χ1v) is 16.6. The van der Waals surface area contributed by atoms with Crippen molar-refractivity contribution in [2.24, 2.45) is 58.2 Å². The molecular weight excluding hydrogens is 551 g/mol. The molecule has 0 unspecified atom stereocenters. The molecule has 36 heavy (non-hydrogen) atoms.